The van der Waals surface area contributed by atoms with Crippen LogP contribution < -0.4 is 0 Å². The number of Topliss-reactive ketones (excluding diaryl/α,β-unsaturated/α-hetero) is 1. The fourth-order valence-electron chi connectivity index (χ4n) is 2.87. The van der Waals surface area contributed by atoms with Crippen molar-refractivity contribution in [2.24, 2.45) is 0 Å². The molecule has 0 N–H and O–H groups in total. The third-order valence-corrected chi connectivity index (χ3v) is 4.82. The van der Waals surface area contributed by atoms with E-state index in [-0.39, 0.29) is 12.4 Å². The summed E-state index contributed by atoms with van der Waals surface area (Å²) in [6.07, 6.45) is 2.34. The van der Waals surface area contributed by atoms with Gasteiger partial charge in [0, 0.05) is 27.5 Å². The first kappa shape index (κ1) is 16.0. The molecule has 0 unspecified atom stereocenters. The Bertz CT molecular complexity index is 775. The van der Waals surface area contributed by atoms with Crippen LogP contribution >= 0.6 is 15.9 Å². The third-order valence-electron chi connectivity index (χ3n) is 4.12. The number of carbonyl (C=O) groups excluding carboxylic acids is 2. The molecule has 1 aromatic heterocycles. The summed E-state index contributed by atoms with van der Waals surface area (Å²) in [4.78, 5) is 24.5. The fourth-order valence-corrected chi connectivity index (χ4v) is 3.31. The Balaban J connectivity index is 1.69. The van der Waals surface area contributed by atoms with Crippen molar-refractivity contribution in [1.29, 1.82) is 0 Å². The number of ketones is 1. The maximum absolute atomic E-state index is 12.4. The van der Waals surface area contributed by atoms with E-state index in [0.29, 0.717) is 21.6 Å². The summed E-state index contributed by atoms with van der Waals surface area (Å²) in [5, 5.41) is 0. The van der Waals surface area contributed by atoms with Crippen molar-refractivity contribution in [3.8, 4) is 0 Å². The zero-order chi connectivity index (χ0) is 16.6. The molecule has 0 atom stereocenters. The quantitative estimate of drug-likeness (QED) is 0.579. The Labute approximate surface area is 143 Å². The molecule has 5 heteroatoms. The van der Waals surface area contributed by atoms with E-state index in [0.717, 1.165) is 11.4 Å². The zero-order valence-electron chi connectivity index (χ0n) is 13.1. The van der Waals surface area contributed by atoms with Gasteiger partial charge in [0.25, 0.3) is 0 Å². The summed E-state index contributed by atoms with van der Waals surface area (Å²) in [5.74, 6) is -0.660. The highest BCUT2D eigenvalue weighted by Gasteiger charge is 2.28. The number of halogens is 1. The maximum atomic E-state index is 12.4. The van der Waals surface area contributed by atoms with Crippen molar-refractivity contribution in [2.45, 2.75) is 32.7 Å². The number of aryl methyl sites for hydroxylation is 1. The monoisotopic (exact) mass is 375 g/mol. The molecular weight excluding hydrogens is 358 g/mol. The first-order valence-corrected chi connectivity index (χ1v) is 8.41. The summed E-state index contributed by atoms with van der Waals surface area (Å²) in [6, 6.07) is 9.42. The van der Waals surface area contributed by atoms with Crippen LogP contribution in [-0.4, -0.2) is 22.9 Å². The molecule has 0 bridgehead atoms. The lowest BCUT2D eigenvalue weighted by atomic mass is 10.1. The second kappa shape index (κ2) is 6.32. The van der Waals surface area contributed by atoms with Gasteiger partial charge in [-0.15, -0.1) is 0 Å². The van der Waals surface area contributed by atoms with Crippen LogP contribution in [0.4, 0.5) is 0 Å². The van der Waals surface area contributed by atoms with Gasteiger partial charge >= 0.3 is 5.97 Å². The van der Waals surface area contributed by atoms with E-state index in [2.05, 4.69) is 20.5 Å². The average Bonchev–Trinajstić information content (AvgIpc) is 3.30. The lowest BCUT2D eigenvalue weighted by Gasteiger charge is -2.08. The topological polar surface area (TPSA) is 48.3 Å². The molecule has 1 aliphatic rings. The Hall–Kier alpha value is -1.88. The number of hydrogen-bond donors (Lipinski definition) is 0. The van der Waals surface area contributed by atoms with Gasteiger partial charge in [-0.1, -0.05) is 12.1 Å². The minimum atomic E-state index is -0.498. The Kier molecular flexibility index (Phi) is 4.39. The van der Waals surface area contributed by atoms with Crippen LogP contribution in [-0.2, 0) is 4.74 Å². The molecule has 1 aliphatic carbocycles. The van der Waals surface area contributed by atoms with Gasteiger partial charge in [0.15, 0.2) is 6.61 Å². The van der Waals surface area contributed by atoms with Crippen molar-refractivity contribution >= 4 is 27.7 Å². The van der Waals surface area contributed by atoms with E-state index in [1.165, 1.54) is 12.8 Å². The van der Waals surface area contributed by atoms with Crippen LogP contribution in [0.3, 0.4) is 0 Å². The Morgan fingerprint density at radius 3 is 2.57 bits per heavy atom. The molecule has 23 heavy (non-hydrogen) atoms. The number of esters is 1. The second-order valence-electron chi connectivity index (χ2n) is 5.87. The van der Waals surface area contributed by atoms with Crippen LogP contribution in [0.25, 0.3) is 0 Å². The molecule has 1 heterocycles. The molecule has 2 aromatic rings. The number of rotatable bonds is 5. The lowest BCUT2D eigenvalue weighted by molar-refractivity contribution is 0.0473. The third kappa shape index (κ3) is 3.24. The van der Waals surface area contributed by atoms with Gasteiger partial charge in [-0.3, -0.25) is 4.79 Å². The highest BCUT2D eigenvalue weighted by molar-refractivity contribution is 9.10. The van der Waals surface area contributed by atoms with Crippen molar-refractivity contribution < 1.29 is 14.3 Å². The van der Waals surface area contributed by atoms with Gasteiger partial charge in [0.1, 0.15) is 0 Å². The summed E-state index contributed by atoms with van der Waals surface area (Å²) in [6.45, 7) is 3.72. The van der Waals surface area contributed by atoms with Gasteiger partial charge in [-0.05, 0) is 60.8 Å². The lowest BCUT2D eigenvalue weighted by Crippen LogP contribution is -2.15. The van der Waals surface area contributed by atoms with Gasteiger partial charge in [0.2, 0.25) is 5.78 Å². The first-order valence-electron chi connectivity index (χ1n) is 7.62. The van der Waals surface area contributed by atoms with E-state index >= 15 is 0 Å². The molecule has 0 spiro atoms. The standard InChI is InChI=1S/C18H18BrNO3/c1-11-9-15(12(2)20(11)13-7-8-13)17(21)10-23-18(22)14-5-3-4-6-16(14)19/h3-6,9,13H,7-8,10H2,1-2H3. The smallest absolute Gasteiger partial charge is 0.339 e. The number of nitrogens with zero attached hydrogens (tertiary/aromatic N) is 1. The normalized spacial score (nSPS) is 13.9. The predicted molar refractivity (Wildman–Crippen MR) is 90.9 cm³/mol. The average molecular weight is 376 g/mol. The van der Waals surface area contributed by atoms with Crippen molar-refractivity contribution in [2.75, 3.05) is 6.61 Å². The van der Waals surface area contributed by atoms with Crippen molar-refractivity contribution in [3.05, 3.63) is 57.3 Å². The maximum Gasteiger partial charge on any atom is 0.339 e. The minimum absolute atomic E-state index is 0.162. The zero-order valence-corrected chi connectivity index (χ0v) is 14.7. The van der Waals surface area contributed by atoms with Gasteiger partial charge in [-0.2, -0.15) is 0 Å². The Morgan fingerprint density at radius 2 is 1.91 bits per heavy atom. The van der Waals surface area contributed by atoms with E-state index in [1.54, 1.807) is 18.2 Å². The molecule has 4 nitrogen and oxygen atoms in total. The molecule has 0 saturated heterocycles. The molecular formula is C18H18BrNO3. The highest BCUT2D eigenvalue weighted by Crippen LogP contribution is 2.38. The summed E-state index contributed by atoms with van der Waals surface area (Å²) >= 11 is 3.31. The van der Waals surface area contributed by atoms with Crippen LogP contribution in [0, 0.1) is 13.8 Å². The summed E-state index contributed by atoms with van der Waals surface area (Å²) < 4.78 is 8.05. The van der Waals surface area contributed by atoms with Crippen LogP contribution in [0.1, 0.15) is 51.0 Å². The molecule has 120 valence electrons. The van der Waals surface area contributed by atoms with E-state index in [4.69, 9.17) is 4.74 Å². The molecule has 3 rings (SSSR count). The van der Waals surface area contributed by atoms with E-state index < -0.39 is 5.97 Å². The molecule has 1 saturated carbocycles. The molecule has 0 radical (unpaired) electrons. The molecule has 1 fully saturated rings. The number of carbonyl (C=O) groups is 2. The summed E-state index contributed by atoms with van der Waals surface area (Å²) in [5.41, 5.74) is 3.12. The number of aromatic nitrogens is 1. The number of hydrogen-bond acceptors (Lipinski definition) is 3. The largest absolute Gasteiger partial charge is 0.454 e. The second-order valence-corrected chi connectivity index (χ2v) is 6.72. The van der Waals surface area contributed by atoms with Crippen molar-refractivity contribution in [3.63, 3.8) is 0 Å². The summed E-state index contributed by atoms with van der Waals surface area (Å²) in [7, 11) is 0. The van der Waals surface area contributed by atoms with Gasteiger partial charge in [0.05, 0.1) is 5.56 Å². The van der Waals surface area contributed by atoms with E-state index in [9.17, 15) is 9.59 Å². The van der Waals surface area contributed by atoms with Crippen LogP contribution in [0.2, 0.25) is 0 Å². The number of ether oxygens (including phenoxy) is 1. The highest BCUT2D eigenvalue weighted by atomic mass is 79.9. The fraction of sp³-hybridized carbons (Fsp3) is 0.333. The van der Waals surface area contributed by atoms with Crippen molar-refractivity contribution in [1.82, 2.24) is 4.57 Å². The molecule has 0 amide bonds. The molecule has 0 aliphatic heterocycles. The number of benzene rings is 1. The predicted octanol–water partition coefficient (Wildman–Crippen LogP) is 4.24. The van der Waals surface area contributed by atoms with E-state index in [1.807, 2.05) is 26.0 Å². The Morgan fingerprint density at radius 1 is 1.22 bits per heavy atom. The molecule has 1 aromatic carbocycles. The minimum Gasteiger partial charge on any atom is -0.454 e. The van der Waals surface area contributed by atoms with Crippen LogP contribution in [0.15, 0.2) is 34.8 Å². The van der Waals surface area contributed by atoms with Crippen LogP contribution in [0.5, 0.6) is 0 Å². The van der Waals surface area contributed by atoms with Gasteiger partial charge < -0.3 is 9.30 Å². The SMILES string of the molecule is Cc1cc(C(=O)COC(=O)c2ccccc2Br)c(C)n1C1CC1. The van der Waals surface area contributed by atoms with Gasteiger partial charge in [-0.25, -0.2) is 4.79 Å². The first-order chi connectivity index (χ1) is 11.0.